The third-order valence-electron chi connectivity index (χ3n) is 1.43. The molecule has 0 bridgehead atoms. The van der Waals surface area contributed by atoms with E-state index in [-0.39, 0.29) is 6.04 Å². The molecule has 0 saturated carbocycles. The highest BCUT2D eigenvalue weighted by Crippen LogP contribution is 1.91. The average Bonchev–Trinajstić information content (AvgIpc) is 1.99. The van der Waals surface area contributed by atoms with Gasteiger partial charge in [0.1, 0.15) is 6.04 Å². The molecule has 0 aliphatic heterocycles. The lowest BCUT2D eigenvalue weighted by atomic mass is 10.2. The Bertz CT molecular complexity index is 265. The van der Waals surface area contributed by atoms with Crippen LogP contribution in [0.15, 0.2) is 0 Å². The Morgan fingerprint density at radius 3 is 2.13 bits per heavy atom. The Balaban J connectivity index is 4.22. The number of urea groups is 1. The van der Waals surface area contributed by atoms with Crippen molar-refractivity contribution in [2.75, 3.05) is 0 Å². The van der Waals surface area contributed by atoms with Crippen molar-refractivity contribution in [2.24, 2.45) is 5.73 Å². The minimum Gasteiger partial charge on any atom is -0.480 e. The van der Waals surface area contributed by atoms with Crippen molar-refractivity contribution in [1.29, 1.82) is 0 Å². The largest absolute Gasteiger partial charge is 0.480 e. The molecule has 0 unspecified atom stereocenters. The topological polar surface area (TPSA) is 122 Å². The van der Waals surface area contributed by atoms with E-state index in [1.54, 1.807) is 13.8 Å². The van der Waals surface area contributed by atoms with Crippen LogP contribution in [0.2, 0.25) is 0 Å². The number of aliphatic carboxylic acids is 1. The Hall–Kier alpha value is -1.79. The van der Waals surface area contributed by atoms with Gasteiger partial charge < -0.3 is 21.5 Å². The molecule has 3 amide bonds. The molecule has 86 valence electrons. The molecule has 0 aromatic rings. The van der Waals surface area contributed by atoms with Gasteiger partial charge in [0, 0.05) is 6.04 Å². The van der Waals surface area contributed by atoms with Gasteiger partial charge in [0.15, 0.2) is 0 Å². The molecule has 0 fully saturated rings. The minimum absolute atomic E-state index is 0.118. The van der Waals surface area contributed by atoms with Gasteiger partial charge in [0.25, 0.3) is 0 Å². The van der Waals surface area contributed by atoms with Crippen molar-refractivity contribution >= 4 is 17.9 Å². The van der Waals surface area contributed by atoms with E-state index >= 15 is 0 Å². The fraction of sp³-hybridized carbons (Fsp3) is 0.625. The van der Waals surface area contributed by atoms with Gasteiger partial charge in [-0.05, 0) is 13.8 Å². The Morgan fingerprint density at radius 1 is 1.27 bits per heavy atom. The summed E-state index contributed by atoms with van der Waals surface area (Å²) in [5.74, 6) is -2.08. The molecular weight excluding hydrogens is 202 g/mol. The average molecular weight is 217 g/mol. The van der Waals surface area contributed by atoms with Crippen LogP contribution in [-0.4, -0.2) is 35.1 Å². The number of carbonyl (C=O) groups is 3. The maximum absolute atomic E-state index is 11.1. The van der Waals surface area contributed by atoms with Crippen LogP contribution in [0.25, 0.3) is 0 Å². The van der Waals surface area contributed by atoms with Crippen LogP contribution >= 0.6 is 0 Å². The maximum atomic E-state index is 11.1. The molecule has 0 aromatic carbocycles. The van der Waals surface area contributed by atoms with Crippen LogP contribution < -0.4 is 16.4 Å². The number of rotatable bonds is 5. The fourth-order valence-corrected chi connectivity index (χ4v) is 0.863. The molecule has 0 saturated heterocycles. The number of hydrogen-bond acceptors (Lipinski definition) is 3. The quantitative estimate of drug-likeness (QED) is 0.473. The summed E-state index contributed by atoms with van der Waals surface area (Å²) in [4.78, 5) is 32.2. The van der Waals surface area contributed by atoms with Crippen LogP contribution in [0, 0.1) is 0 Å². The zero-order chi connectivity index (χ0) is 12.0. The first-order valence-corrected chi connectivity index (χ1v) is 4.41. The molecule has 5 N–H and O–H groups in total. The molecule has 0 aromatic heterocycles. The molecule has 0 aliphatic rings. The molecule has 0 spiro atoms. The van der Waals surface area contributed by atoms with Crippen molar-refractivity contribution < 1.29 is 19.5 Å². The zero-order valence-electron chi connectivity index (χ0n) is 8.61. The van der Waals surface area contributed by atoms with Crippen LogP contribution in [-0.2, 0) is 9.59 Å². The molecular formula is C8H15N3O4. The molecule has 7 heteroatoms. The first-order valence-electron chi connectivity index (χ1n) is 4.41. The van der Waals surface area contributed by atoms with Crippen molar-refractivity contribution in [3.63, 3.8) is 0 Å². The number of primary amides is 1. The normalized spacial score (nSPS) is 11.9. The summed E-state index contributed by atoms with van der Waals surface area (Å²) in [5.41, 5.74) is 4.83. The van der Waals surface area contributed by atoms with Crippen molar-refractivity contribution in [3.05, 3.63) is 0 Å². The summed E-state index contributed by atoms with van der Waals surface area (Å²) in [7, 11) is 0. The summed E-state index contributed by atoms with van der Waals surface area (Å²) >= 11 is 0. The first-order chi connectivity index (χ1) is 6.82. The third kappa shape index (κ3) is 6.30. The number of nitrogens with one attached hydrogen (secondary N) is 2. The van der Waals surface area contributed by atoms with Crippen molar-refractivity contribution in [3.8, 4) is 0 Å². The predicted octanol–water partition coefficient (Wildman–Crippen LogP) is -0.977. The van der Waals surface area contributed by atoms with Crippen LogP contribution in [0.4, 0.5) is 4.79 Å². The zero-order valence-corrected chi connectivity index (χ0v) is 8.61. The minimum atomic E-state index is -1.30. The highest BCUT2D eigenvalue weighted by molar-refractivity contribution is 5.87. The lowest BCUT2D eigenvalue weighted by Gasteiger charge is -2.15. The number of amides is 3. The first kappa shape index (κ1) is 13.2. The van der Waals surface area contributed by atoms with Gasteiger partial charge in [-0.3, -0.25) is 4.79 Å². The second-order valence-electron chi connectivity index (χ2n) is 3.33. The van der Waals surface area contributed by atoms with Gasteiger partial charge in [-0.2, -0.15) is 0 Å². The summed E-state index contributed by atoms with van der Waals surface area (Å²) in [6.45, 7) is 3.45. The van der Waals surface area contributed by atoms with Crippen LogP contribution in [0.5, 0.6) is 0 Å². The van der Waals surface area contributed by atoms with E-state index < -0.39 is 30.4 Å². The van der Waals surface area contributed by atoms with Crippen LogP contribution in [0.3, 0.4) is 0 Å². The van der Waals surface area contributed by atoms with Gasteiger partial charge in [-0.1, -0.05) is 0 Å². The van der Waals surface area contributed by atoms with Gasteiger partial charge in [0.2, 0.25) is 5.91 Å². The molecule has 1 atom stereocenters. The Kier molecular flexibility index (Phi) is 5.14. The Labute approximate surface area is 87.0 Å². The van der Waals surface area contributed by atoms with Crippen LogP contribution in [0.1, 0.15) is 20.3 Å². The summed E-state index contributed by atoms with van der Waals surface area (Å²) in [6.07, 6.45) is -0.430. The van der Waals surface area contributed by atoms with Crippen molar-refractivity contribution in [1.82, 2.24) is 10.6 Å². The highest BCUT2D eigenvalue weighted by atomic mass is 16.4. The number of carboxylic acid groups (broad SMARTS) is 1. The van der Waals surface area contributed by atoms with E-state index in [0.717, 1.165) is 0 Å². The standard InChI is InChI=1S/C8H15N3O4/c1-4(2)10-8(15)11-5(7(13)14)3-6(9)12/h4-5H,3H2,1-2H3,(H2,9,12)(H,13,14)(H2,10,11,15)/t5-/m1/s1. The molecule has 15 heavy (non-hydrogen) atoms. The third-order valence-corrected chi connectivity index (χ3v) is 1.43. The van der Waals surface area contributed by atoms with Gasteiger partial charge in [-0.25, -0.2) is 9.59 Å². The van der Waals surface area contributed by atoms with E-state index in [4.69, 9.17) is 10.8 Å². The smallest absolute Gasteiger partial charge is 0.326 e. The van der Waals surface area contributed by atoms with E-state index in [1.165, 1.54) is 0 Å². The van der Waals surface area contributed by atoms with E-state index in [1.807, 2.05) is 0 Å². The predicted molar refractivity (Wildman–Crippen MR) is 52.0 cm³/mol. The van der Waals surface area contributed by atoms with E-state index in [2.05, 4.69) is 10.6 Å². The number of hydrogen-bond donors (Lipinski definition) is 4. The van der Waals surface area contributed by atoms with E-state index in [0.29, 0.717) is 0 Å². The summed E-state index contributed by atoms with van der Waals surface area (Å²) in [6, 6.07) is -2.05. The number of nitrogens with two attached hydrogens (primary N) is 1. The lowest BCUT2D eigenvalue weighted by molar-refractivity contribution is -0.140. The molecule has 0 heterocycles. The van der Waals surface area contributed by atoms with Gasteiger partial charge in [-0.15, -0.1) is 0 Å². The molecule has 0 radical (unpaired) electrons. The van der Waals surface area contributed by atoms with E-state index in [9.17, 15) is 14.4 Å². The number of carbonyl (C=O) groups excluding carboxylic acids is 2. The van der Waals surface area contributed by atoms with Gasteiger partial charge in [0.05, 0.1) is 6.42 Å². The highest BCUT2D eigenvalue weighted by Gasteiger charge is 2.21. The fourth-order valence-electron chi connectivity index (χ4n) is 0.863. The molecule has 0 rings (SSSR count). The monoisotopic (exact) mass is 217 g/mol. The number of carboxylic acids is 1. The SMILES string of the molecule is CC(C)NC(=O)N[C@H](CC(N)=O)C(=O)O. The van der Waals surface area contributed by atoms with Gasteiger partial charge >= 0.3 is 12.0 Å². The molecule has 7 nitrogen and oxygen atoms in total. The summed E-state index contributed by atoms with van der Waals surface area (Å²) < 4.78 is 0. The summed E-state index contributed by atoms with van der Waals surface area (Å²) in [5, 5.41) is 13.2. The lowest BCUT2D eigenvalue weighted by Crippen LogP contribution is -2.49. The second-order valence-corrected chi connectivity index (χ2v) is 3.33. The van der Waals surface area contributed by atoms with Crippen molar-refractivity contribution in [2.45, 2.75) is 32.4 Å². The molecule has 0 aliphatic carbocycles. The maximum Gasteiger partial charge on any atom is 0.326 e. The Morgan fingerprint density at radius 2 is 1.80 bits per heavy atom. The second kappa shape index (κ2) is 5.84.